The molecule has 2 aromatic heterocycles. The molecule has 22 heavy (non-hydrogen) atoms. The lowest BCUT2D eigenvalue weighted by Gasteiger charge is -2.15. The van der Waals surface area contributed by atoms with Crippen LogP contribution in [0.2, 0.25) is 0 Å². The molecule has 7 heteroatoms. The molecule has 0 fully saturated rings. The smallest absolute Gasteiger partial charge is 0.280 e. The molecule has 0 saturated carbocycles. The van der Waals surface area contributed by atoms with Crippen LogP contribution < -0.4 is 10.5 Å². The summed E-state index contributed by atoms with van der Waals surface area (Å²) in [6, 6.07) is 9.95. The summed E-state index contributed by atoms with van der Waals surface area (Å²) in [6.07, 6.45) is 0. The van der Waals surface area contributed by atoms with Gasteiger partial charge in [-0.15, -0.1) is 0 Å². The van der Waals surface area contributed by atoms with Gasteiger partial charge in [0.2, 0.25) is 5.95 Å². The van der Waals surface area contributed by atoms with Crippen LogP contribution in [0, 0.1) is 0 Å². The van der Waals surface area contributed by atoms with E-state index in [2.05, 4.69) is 25.9 Å². The Morgan fingerprint density at radius 3 is 2.50 bits per heavy atom. The van der Waals surface area contributed by atoms with Gasteiger partial charge < -0.3 is 9.47 Å². The first-order valence-electron chi connectivity index (χ1n) is 6.83. The molecule has 3 rings (SSSR count). The first-order valence-corrected chi connectivity index (χ1v) is 7.62. The van der Waals surface area contributed by atoms with Gasteiger partial charge in [0, 0.05) is 21.1 Å². The molecule has 0 aliphatic heterocycles. The van der Waals surface area contributed by atoms with Crippen LogP contribution >= 0.6 is 15.9 Å². The lowest BCUT2D eigenvalue weighted by atomic mass is 10.2. The molecule has 0 amide bonds. The van der Waals surface area contributed by atoms with Crippen molar-refractivity contribution >= 4 is 33.0 Å². The van der Waals surface area contributed by atoms with E-state index in [0.29, 0.717) is 28.4 Å². The summed E-state index contributed by atoms with van der Waals surface area (Å²) >= 11 is 3.44. The Balaban J connectivity index is 2.22. The predicted octanol–water partition coefficient (Wildman–Crippen LogP) is 2.01. The largest absolute Gasteiger partial charge is 0.348 e. The summed E-state index contributed by atoms with van der Waals surface area (Å²) in [5.41, 5.74) is 1.95. The highest BCUT2D eigenvalue weighted by Gasteiger charge is 2.18. The van der Waals surface area contributed by atoms with Crippen molar-refractivity contribution in [2.24, 2.45) is 7.05 Å². The predicted molar refractivity (Wildman–Crippen MR) is 90.3 cm³/mol. The third-order valence-corrected chi connectivity index (χ3v) is 4.10. The van der Waals surface area contributed by atoms with Gasteiger partial charge in [-0.05, 0) is 21.5 Å². The van der Waals surface area contributed by atoms with Crippen LogP contribution in [-0.2, 0) is 13.6 Å². The first kappa shape index (κ1) is 14.8. The minimum absolute atomic E-state index is 0.108. The Kier molecular flexibility index (Phi) is 3.74. The SMILES string of the molecule is CN(C)c1nc2nc(Br)n(Cc3ccccc3)c2c(=O)n1C. The van der Waals surface area contributed by atoms with Gasteiger partial charge in [-0.1, -0.05) is 30.3 Å². The van der Waals surface area contributed by atoms with Crippen molar-refractivity contribution < 1.29 is 0 Å². The van der Waals surface area contributed by atoms with Crippen LogP contribution in [0.3, 0.4) is 0 Å². The van der Waals surface area contributed by atoms with Crippen LogP contribution in [0.25, 0.3) is 11.2 Å². The molecule has 0 aliphatic carbocycles. The maximum absolute atomic E-state index is 12.7. The van der Waals surface area contributed by atoms with E-state index in [0.717, 1.165) is 5.56 Å². The summed E-state index contributed by atoms with van der Waals surface area (Å²) in [6.45, 7) is 0.566. The molecule has 1 aromatic carbocycles. The van der Waals surface area contributed by atoms with Crippen molar-refractivity contribution in [3.8, 4) is 0 Å². The number of nitrogens with zero attached hydrogens (tertiary/aromatic N) is 5. The van der Waals surface area contributed by atoms with E-state index in [1.807, 2.05) is 49.0 Å². The molecule has 0 spiro atoms. The molecule has 0 bridgehead atoms. The van der Waals surface area contributed by atoms with Crippen molar-refractivity contribution in [1.29, 1.82) is 0 Å². The van der Waals surface area contributed by atoms with Gasteiger partial charge in [0.05, 0.1) is 6.54 Å². The van der Waals surface area contributed by atoms with Gasteiger partial charge in [-0.2, -0.15) is 4.98 Å². The van der Waals surface area contributed by atoms with Crippen LogP contribution in [0.15, 0.2) is 39.9 Å². The molecular weight excluding hydrogens is 346 g/mol. The van der Waals surface area contributed by atoms with Crippen molar-refractivity contribution in [1.82, 2.24) is 19.1 Å². The lowest BCUT2D eigenvalue weighted by molar-refractivity contribution is 0.771. The number of anilines is 1. The second-order valence-electron chi connectivity index (χ2n) is 5.30. The molecule has 3 aromatic rings. The van der Waals surface area contributed by atoms with Gasteiger partial charge in [0.15, 0.2) is 15.9 Å². The molecule has 0 atom stereocenters. The second-order valence-corrected chi connectivity index (χ2v) is 6.00. The molecule has 0 saturated heterocycles. The Morgan fingerprint density at radius 2 is 1.86 bits per heavy atom. The van der Waals surface area contributed by atoms with Crippen LogP contribution in [0.5, 0.6) is 0 Å². The maximum Gasteiger partial charge on any atom is 0.280 e. The fourth-order valence-electron chi connectivity index (χ4n) is 2.43. The van der Waals surface area contributed by atoms with E-state index in [4.69, 9.17) is 0 Å². The molecule has 0 N–H and O–H groups in total. The van der Waals surface area contributed by atoms with Crippen LogP contribution in [-0.4, -0.2) is 33.2 Å². The Hall–Kier alpha value is -2.15. The minimum atomic E-state index is -0.108. The van der Waals surface area contributed by atoms with Gasteiger partial charge in [0.25, 0.3) is 5.56 Å². The molecule has 114 valence electrons. The monoisotopic (exact) mass is 361 g/mol. The van der Waals surface area contributed by atoms with E-state index in [-0.39, 0.29) is 5.56 Å². The zero-order valence-corrected chi connectivity index (χ0v) is 14.2. The number of hydrogen-bond donors (Lipinski definition) is 0. The number of aromatic nitrogens is 4. The number of rotatable bonds is 3. The number of benzene rings is 1. The van der Waals surface area contributed by atoms with Crippen molar-refractivity contribution in [2.75, 3.05) is 19.0 Å². The molecule has 0 aliphatic rings. The van der Waals surface area contributed by atoms with Gasteiger partial charge >= 0.3 is 0 Å². The number of fused-ring (bicyclic) bond motifs is 1. The summed E-state index contributed by atoms with van der Waals surface area (Å²) in [7, 11) is 5.42. The average Bonchev–Trinajstić information content (AvgIpc) is 2.80. The van der Waals surface area contributed by atoms with Gasteiger partial charge in [0.1, 0.15) is 0 Å². The highest BCUT2D eigenvalue weighted by molar-refractivity contribution is 9.10. The fraction of sp³-hybridized carbons (Fsp3) is 0.267. The summed E-state index contributed by atoms with van der Waals surface area (Å²) in [5.74, 6) is 0.578. The third kappa shape index (κ3) is 2.41. The second kappa shape index (κ2) is 5.57. The summed E-state index contributed by atoms with van der Waals surface area (Å²) < 4.78 is 3.99. The zero-order valence-electron chi connectivity index (χ0n) is 12.6. The van der Waals surface area contributed by atoms with Crippen molar-refractivity contribution in [2.45, 2.75) is 6.54 Å². The van der Waals surface area contributed by atoms with E-state index in [9.17, 15) is 4.79 Å². The zero-order chi connectivity index (χ0) is 15.9. The van der Waals surface area contributed by atoms with Crippen LogP contribution in [0.4, 0.5) is 5.95 Å². The van der Waals surface area contributed by atoms with E-state index < -0.39 is 0 Å². The fourth-order valence-corrected chi connectivity index (χ4v) is 2.90. The highest BCUT2D eigenvalue weighted by atomic mass is 79.9. The van der Waals surface area contributed by atoms with E-state index in [1.165, 1.54) is 4.57 Å². The van der Waals surface area contributed by atoms with E-state index in [1.54, 1.807) is 11.9 Å². The van der Waals surface area contributed by atoms with Crippen molar-refractivity contribution in [3.63, 3.8) is 0 Å². The van der Waals surface area contributed by atoms with Crippen LogP contribution in [0.1, 0.15) is 5.56 Å². The molecule has 0 radical (unpaired) electrons. The number of imidazole rings is 1. The van der Waals surface area contributed by atoms with Gasteiger partial charge in [-0.3, -0.25) is 9.36 Å². The van der Waals surface area contributed by atoms with Gasteiger partial charge in [-0.25, -0.2) is 4.98 Å². The quantitative estimate of drug-likeness (QED) is 0.669. The van der Waals surface area contributed by atoms with Crippen molar-refractivity contribution in [3.05, 3.63) is 51.0 Å². The molecule has 2 heterocycles. The lowest BCUT2D eigenvalue weighted by Crippen LogP contribution is -2.27. The number of halogens is 1. The Bertz CT molecular complexity index is 882. The highest BCUT2D eigenvalue weighted by Crippen LogP contribution is 2.19. The molecule has 6 nitrogen and oxygen atoms in total. The summed E-state index contributed by atoms with van der Waals surface area (Å²) in [4.78, 5) is 23.4. The maximum atomic E-state index is 12.7. The standard InChI is InChI=1S/C15H16BrN5O/c1-19(2)15-18-12-11(13(22)20(15)3)21(14(16)17-12)9-10-7-5-4-6-8-10/h4-8H,9H2,1-3H3. The topological polar surface area (TPSA) is 56.0 Å². The number of hydrogen-bond acceptors (Lipinski definition) is 4. The Labute approximate surface area is 136 Å². The van der Waals surface area contributed by atoms with E-state index >= 15 is 0 Å². The summed E-state index contributed by atoms with van der Waals surface area (Å²) in [5, 5.41) is 0. The average molecular weight is 362 g/mol. The third-order valence-electron chi connectivity index (χ3n) is 3.50. The first-order chi connectivity index (χ1) is 10.5. The molecule has 0 unspecified atom stereocenters. The Morgan fingerprint density at radius 1 is 1.18 bits per heavy atom. The molecular formula is C15H16BrN5O. The minimum Gasteiger partial charge on any atom is -0.348 e. The normalized spacial score (nSPS) is 11.1.